The van der Waals surface area contributed by atoms with Crippen LogP contribution in [0.3, 0.4) is 0 Å². The smallest absolute Gasteiger partial charge is 0.164 e. The van der Waals surface area contributed by atoms with Gasteiger partial charge in [-0.25, -0.2) is 0 Å². The van der Waals surface area contributed by atoms with E-state index in [-0.39, 0.29) is 0 Å². The molecule has 19 heavy (non-hydrogen) atoms. The molecule has 0 N–H and O–H groups in total. The Morgan fingerprint density at radius 1 is 0.684 bits per heavy atom. The van der Waals surface area contributed by atoms with E-state index >= 15 is 0 Å². The number of rotatable bonds is 2. The van der Waals surface area contributed by atoms with E-state index in [0.717, 1.165) is 5.56 Å². The summed E-state index contributed by atoms with van der Waals surface area (Å²) in [5.41, 5.74) is 0.933. The first-order chi connectivity index (χ1) is 8.88. The predicted molar refractivity (Wildman–Crippen MR) is 82.7 cm³/mol. The molecule has 2 aromatic rings. The van der Waals surface area contributed by atoms with Crippen molar-refractivity contribution < 1.29 is 4.74 Å². The van der Waals surface area contributed by atoms with Gasteiger partial charge in [-0.1, -0.05) is 58.0 Å². The molecular formula is C13H7Cl5O. The summed E-state index contributed by atoms with van der Waals surface area (Å²) in [6.07, 6.45) is 0. The molecule has 0 saturated carbocycles. The largest absolute Gasteiger partial charge is 0.453 e. The number of hydrogen-bond donors (Lipinski definition) is 0. The lowest BCUT2D eigenvalue weighted by Gasteiger charge is -2.12. The third kappa shape index (κ3) is 3.42. The fourth-order valence-corrected chi connectivity index (χ4v) is 2.73. The normalized spacial score (nSPS) is 10.6. The maximum atomic E-state index is 6.10. The highest BCUT2D eigenvalue weighted by Crippen LogP contribution is 2.41. The van der Waals surface area contributed by atoms with Crippen molar-refractivity contribution in [1.29, 1.82) is 0 Å². The third-order valence-electron chi connectivity index (χ3n) is 2.33. The molecule has 2 aromatic carbocycles. The molecule has 0 atom stereocenters. The minimum absolute atomic E-state index is 0.321. The van der Waals surface area contributed by atoms with Gasteiger partial charge in [-0.05, 0) is 30.7 Å². The molecule has 0 saturated heterocycles. The summed E-state index contributed by atoms with van der Waals surface area (Å²) in [4.78, 5) is 0. The van der Waals surface area contributed by atoms with E-state index in [0.29, 0.717) is 36.6 Å². The Kier molecular flexibility index (Phi) is 4.75. The van der Waals surface area contributed by atoms with E-state index in [1.807, 2.05) is 6.92 Å². The number of ether oxygens (including phenoxy) is 1. The maximum Gasteiger partial charge on any atom is 0.164 e. The average Bonchev–Trinajstić information content (AvgIpc) is 2.29. The van der Waals surface area contributed by atoms with Gasteiger partial charge >= 0.3 is 0 Å². The molecule has 100 valence electrons. The monoisotopic (exact) mass is 354 g/mol. The molecular weight excluding hydrogens is 349 g/mol. The van der Waals surface area contributed by atoms with Crippen molar-refractivity contribution in [2.75, 3.05) is 0 Å². The van der Waals surface area contributed by atoms with Gasteiger partial charge in [0.05, 0.1) is 25.1 Å². The number of hydrogen-bond acceptors (Lipinski definition) is 1. The summed E-state index contributed by atoms with van der Waals surface area (Å²) in [5.74, 6) is 0.665. The Balaban J connectivity index is 2.45. The highest BCUT2D eigenvalue weighted by Gasteiger charge is 2.13. The fraction of sp³-hybridized carbons (Fsp3) is 0.0769. The second-order valence-electron chi connectivity index (χ2n) is 3.86. The number of benzene rings is 2. The van der Waals surface area contributed by atoms with Crippen molar-refractivity contribution >= 4 is 58.0 Å². The lowest BCUT2D eigenvalue weighted by molar-refractivity contribution is 0.483. The molecule has 0 aliphatic rings. The van der Waals surface area contributed by atoms with Gasteiger partial charge in [-0.15, -0.1) is 0 Å². The SMILES string of the molecule is Cc1cc(Cl)c(Oc2cc(Cl)c(Cl)cc2Cl)c(Cl)c1. The van der Waals surface area contributed by atoms with Crippen LogP contribution in [0.25, 0.3) is 0 Å². The minimum atomic E-state index is 0.321. The zero-order chi connectivity index (χ0) is 14.2. The molecule has 0 heterocycles. The van der Waals surface area contributed by atoms with Gasteiger partial charge in [0.25, 0.3) is 0 Å². The molecule has 2 rings (SSSR count). The zero-order valence-corrected chi connectivity index (χ0v) is 13.4. The summed E-state index contributed by atoms with van der Waals surface area (Å²) in [6.45, 7) is 1.88. The van der Waals surface area contributed by atoms with Crippen LogP contribution in [-0.2, 0) is 0 Å². The van der Waals surface area contributed by atoms with E-state index in [1.165, 1.54) is 12.1 Å². The fourth-order valence-electron chi connectivity index (χ4n) is 1.48. The lowest BCUT2D eigenvalue weighted by atomic mass is 10.2. The molecule has 0 aromatic heterocycles. The first-order valence-electron chi connectivity index (χ1n) is 5.16. The molecule has 0 amide bonds. The third-order valence-corrected chi connectivity index (χ3v) is 3.91. The first-order valence-corrected chi connectivity index (χ1v) is 7.05. The van der Waals surface area contributed by atoms with E-state index in [2.05, 4.69) is 0 Å². The van der Waals surface area contributed by atoms with E-state index < -0.39 is 0 Å². The van der Waals surface area contributed by atoms with Crippen LogP contribution in [0.5, 0.6) is 11.5 Å². The first kappa shape index (κ1) is 15.1. The predicted octanol–water partition coefficient (Wildman–Crippen LogP) is 7.05. The quantitative estimate of drug-likeness (QED) is 0.524. The molecule has 0 spiro atoms. The van der Waals surface area contributed by atoms with Crippen molar-refractivity contribution in [1.82, 2.24) is 0 Å². The summed E-state index contributed by atoms with van der Waals surface area (Å²) in [5, 5.41) is 1.79. The van der Waals surface area contributed by atoms with Gasteiger partial charge in [-0.2, -0.15) is 0 Å². The van der Waals surface area contributed by atoms with Crippen LogP contribution >= 0.6 is 58.0 Å². The van der Waals surface area contributed by atoms with Gasteiger partial charge < -0.3 is 4.74 Å². The number of aryl methyl sites for hydroxylation is 1. The second kappa shape index (κ2) is 5.99. The Morgan fingerprint density at radius 3 is 1.79 bits per heavy atom. The van der Waals surface area contributed by atoms with E-state index in [1.54, 1.807) is 12.1 Å². The molecule has 0 unspecified atom stereocenters. The van der Waals surface area contributed by atoms with Crippen LogP contribution in [0.15, 0.2) is 24.3 Å². The lowest BCUT2D eigenvalue weighted by Crippen LogP contribution is -1.89. The highest BCUT2D eigenvalue weighted by atomic mass is 35.5. The van der Waals surface area contributed by atoms with Crippen LogP contribution in [0.4, 0.5) is 0 Å². The zero-order valence-electron chi connectivity index (χ0n) is 9.61. The van der Waals surface area contributed by atoms with Crippen LogP contribution in [0, 0.1) is 6.92 Å². The van der Waals surface area contributed by atoms with Crippen molar-refractivity contribution in [2.24, 2.45) is 0 Å². The van der Waals surface area contributed by atoms with Crippen LogP contribution in [-0.4, -0.2) is 0 Å². The van der Waals surface area contributed by atoms with Crippen LogP contribution in [0.1, 0.15) is 5.56 Å². The van der Waals surface area contributed by atoms with Crippen LogP contribution < -0.4 is 4.74 Å². The molecule has 0 fully saturated rings. The van der Waals surface area contributed by atoms with Gasteiger partial charge in [0.15, 0.2) is 5.75 Å². The summed E-state index contributed by atoms with van der Waals surface area (Å²) < 4.78 is 5.62. The van der Waals surface area contributed by atoms with Crippen molar-refractivity contribution in [3.8, 4) is 11.5 Å². The van der Waals surface area contributed by atoms with Gasteiger partial charge in [0, 0.05) is 6.07 Å². The molecule has 1 nitrogen and oxygen atoms in total. The highest BCUT2D eigenvalue weighted by molar-refractivity contribution is 6.43. The van der Waals surface area contributed by atoms with Crippen molar-refractivity contribution in [2.45, 2.75) is 6.92 Å². The topological polar surface area (TPSA) is 9.23 Å². The standard InChI is InChI=1S/C13H7Cl5O/c1-6-2-10(17)13(11(18)3-6)19-12-5-8(15)7(14)4-9(12)16/h2-5H,1H3. The molecule has 0 aliphatic heterocycles. The maximum absolute atomic E-state index is 6.10. The Bertz CT molecular complexity index is 616. The Hall–Kier alpha value is -0.310. The average molecular weight is 356 g/mol. The van der Waals surface area contributed by atoms with E-state index in [9.17, 15) is 0 Å². The minimum Gasteiger partial charge on any atom is -0.453 e. The summed E-state index contributed by atoms with van der Waals surface area (Å²) in [6, 6.07) is 6.50. The van der Waals surface area contributed by atoms with Gasteiger partial charge in [0.2, 0.25) is 0 Å². The molecule has 6 heteroatoms. The van der Waals surface area contributed by atoms with Gasteiger partial charge in [-0.3, -0.25) is 0 Å². The second-order valence-corrected chi connectivity index (χ2v) is 5.89. The summed E-state index contributed by atoms with van der Waals surface area (Å²) in [7, 11) is 0. The van der Waals surface area contributed by atoms with Crippen molar-refractivity contribution in [3.63, 3.8) is 0 Å². The Morgan fingerprint density at radius 2 is 1.21 bits per heavy atom. The van der Waals surface area contributed by atoms with Crippen molar-refractivity contribution in [3.05, 3.63) is 54.9 Å². The van der Waals surface area contributed by atoms with Crippen LogP contribution in [0.2, 0.25) is 25.1 Å². The number of halogens is 5. The molecule has 0 aliphatic carbocycles. The molecule has 0 radical (unpaired) electrons. The summed E-state index contributed by atoms with van der Waals surface area (Å²) >= 11 is 30.0. The van der Waals surface area contributed by atoms with E-state index in [4.69, 9.17) is 62.7 Å². The molecule has 0 bridgehead atoms. The Labute approximate surface area is 135 Å². The van der Waals surface area contributed by atoms with Gasteiger partial charge in [0.1, 0.15) is 5.75 Å².